The van der Waals surface area contributed by atoms with E-state index in [-0.39, 0.29) is 0 Å². The number of furan rings is 1. The summed E-state index contributed by atoms with van der Waals surface area (Å²) in [6, 6.07) is 19.4. The van der Waals surface area contributed by atoms with Crippen LogP contribution in [0, 0.1) is 0 Å². The average molecular weight is 329 g/mol. The fourth-order valence-corrected chi connectivity index (χ4v) is 3.71. The molecule has 5 rings (SSSR count). The largest absolute Gasteiger partial charge is 0.438 e. The molecule has 0 spiro atoms. The van der Waals surface area contributed by atoms with Crippen LogP contribution < -0.4 is 10.2 Å². The molecule has 4 aromatic rings. The first kappa shape index (κ1) is 14.5. The van der Waals surface area contributed by atoms with Crippen LogP contribution in [0.5, 0.6) is 0 Å². The van der Waals surface area contributed by atoms with E-state index in [9.17, 15) is 0 Å². The molecule has 25 heavy (non-hydrogen) atoms. The second kappa shape index (κ2) is 5.60. The van der Waals surface area contributed by atoms with Crippen LogP contribution in [0.25, 0.3) is 33.2 Å². The predicted molar refractivity (Wildman–Crippen MR) is 102 cm³/mol. The van der Waals surface area contributed by atoms with Crippen LogP contribution in [0.2, 0.25) is 0 Å². The third-order valence-electron chi connectivity index (χ3n) is 5.08. The van der Waals surface area contributed by atoms with E-state index in [0.717, 1.165) is 24.1 Å². The molecule has 124 valence electrons. The molecule has 0 saturated carbocycles. The van der Waals surface area contributed by atoms with Gasteiger partial charge in [-0.25, -0.2) is 4.98 Å². The summed E-state index contributed by atoms with van der Waals surface area (Å²) >= 11 is 0. The highest BCUT2D eigenvalue weighted by Gasteiger charge is 2.30. The van der Waals surface area contributed by atoms with Crippen LogP contribution in [-0.4, -0.2) is 31.2 Å². The second-order valence-electron chi connectivity index (χ2n) is 6.55. The van der Waals surface area contributed by atoms with Gasteiger partial charge in [0.15, 0.2) is 0 Å². The lowest BCUT2D eigenvalue weighted by Crippen LogP contribution is -2.57. The van der Waals surface area contributed by atoms with Gasteiger partial charge in [0.25, 0.3) is 0 Å². The van der Waals surface area contributed by atoms with Crippen molar-refractivity contribution in [2.75, 3.05) is 25.0 Å². The van der Waals surface area contributed by atoms with Crippen LogP contribution in [-0.2, 0) is 0 Å². The molecule has 2 aromatic carbocycles. The Kier molecular flexibility index (Phi) is 3.25. The molecule has 0 bridgehead atoms. The minimum Gasteiger partial charge on any atom is -0.438 e. The van der Waals surface area contributed by atoms with Crippen molar-refractivity contribution < 1.29 is 4.42 Å². The molecule has 1 aliphatic heterocycles. The lowest BCUT2D eigenvalue weighted by atomic mass is 9.96. The molecular formula is C21H19N3O. The van der Waals surface area contributed by atoms with Gasteiger partial charge in [-0.3, -0.25) is 0 Å². The number of aromatic nitrogens is 1. The first-order valence-corrected chi connectivity index (χ1v) is 8.63. The Morgan fingerprint density at radius 3 is 2.68 bits per heavy atom. The van der Waals surface area contributed by atoms with Gasteiger partial charge in [-0.1, -0.05) is 30.3 Å². The van der Waals surface area contributed by atoms with Gasteiger partial charge in [0, 0.05) is 30.9 Å². The van der Waals surface area contributed by atoms with Crippen molar-refractivity contribution in [1.29, 1.82) is 0 Å². The smallest absolute Gasteiger partial charge is 0.227 e. The van der Waals surface area contributed by atoms with E-state index in [4.69, 9.17) is 4.42 Å². The van der Waals surface area contributed by atoms with Crippen molar-refractivity contribution in [3.05, 3.63) is 60.8 Å². The zero-order valence-corrected chi connectivity index (χ0v) is 14.1. The zero-order valence-electron chi connectivity index (χ0n) is 14.1. The summed E-state index contributed by atoms with van der Waals surface area (Å²) in [7, 11) is 2.03. The van der Waals surface area contributed by atoms with Gasteiger partial charge in [0.2, 0.25) is 5.71 Å². The van der Waals surface area contributed by atoms with E-state index in [1.807, 2.05) is 13.1 Å². The number of hydrogen-bond donors (Lipinski definition) is 1. The van der Waals surface area contributed by atoms with E-state index < -0.39 is 0 Å². The van der Waals surface area contributed by atoms with Crippen LogP contribution >= 0.6 is 0 Å². The van der Waals surface area contributed by atoms with Crippen LogP contribution in [0.1, 0.15) is 0 Å². The van der Waals surface area contributed by atoms with Gasteiger partial charge in [-0.2, -0.15) is 0 Å². The monoisotopic (exact) mass is 329 g/mol. The first-order valence-electron chi connectivity index (χ1n) is 8.63. The molecular weight excluding hydrogens is 310 g/mol. The number of likely N-dealkylation sites (N-methyl/N-ethyl adjacent to an activating group) is 1. The molecule has 0 aliphatic carbocycles. The topological polar surface area (TPSA) is 41.3 Å². The number of nitrogens with zero attached hydrogens (tertiary/aromatic N) is 2. The predicted octanol–water partition coefficient (Wildman–Crippen LogP) is 4.06. The number of anilines is 1. The molecule has 0 radical (unpaired) electrons. The van der Waals surface area contributed by atoms with Crippen molar-refractivity contribution in [2.24, 2.45) is 0 Å². The van der Waals surface area contributed by atoms with Crippen molar-refractivity contribution in [2.45, 2.75) is 6.04 Å². The van der Waals surface area contributed by atoms with Crippen molar-refractivity contribution in [3.8, 4) is 11.1 Å². The van der Waals surface area contributed by atoms with Crippen LogP contribution in [0.4, 0.5) is 5.69 Å². The minimum absolute atomic E-state index is 0.537. The summed E-state index contributed by atoms with van der Waals surface area (Å²) in [6.07, 6.45) is 1.78. The molecule has 3 heterocycles. The lowest BCUT2D eigenvalue weighted by molar-refractivity contribution is 0.452. The highest BCUT2D eigenvalue weighted by atomic mass is 16.3. The Morgan fingerprint density at radius 2 is 1.88 bits per heavy atom. The van der Waals surface area contributed by atoms with Crippen molar-refractivity contribution >= 4 is 27.8 Å². The number of fused-ring (bicyclic) bond motifs is 3. The zero-order chi connectivity index (χ0) is 16.8. The maximum Gasteiger partial charge on any atom is 0.227 e. The molecule has 1 aliphatic rings. The van der Waals surface area contributed by atoms with E-state index in [0.29, 0.717) is 11.8 Å². The first-order chi connectivity index (χ1) is 12.3. The van der Waals surface area contributed by atoms with Gasteiger partial charge in [0.05, 0.1) is 16.5 Å². The summed E-state index contributed by atoms with van der Waals surface area (Å²) in [5.74, 6) is 0. The van der Waals surface area contributed by atoms with Crippen LogP contribution in [0.15, 0.2) is 65.2 Å². The summed E-state index contributed by atoms with van der Waals surface area (Å²) in [4.78, 5) is 6.84. The number of rotatable bonds is 3. The van der Waals surface area contributed by atoms with Crippen LogP contribution in [0.3, 0.4) is 0 Å². The van der Waals surface area contributed by atoms with E-state index in [2.05, 4.69) is 63.7 Å². The maximum atomic E-state index is 6.00. The number of nitrogens with one attached hydrogen (secondary N) is 1. The molecule has 4 heteroatoms. The summed E-state index contributed by atoms with van der Waals surface area (Å²) < 4.78 is 6.00. The average Bonchev–Trinajstić information content (AvgIpc) is 3.00. The van der Waals surface area contributed by atoms with E-state index >= 15 is 0 Å². The Morgan fingerprint density at radius 1 is 1.04 bits per heavy atom. The van der Waals surface area contributed by atoms with E-state index in [1.54, 1.807) is 6.20 Å². The molecule has 1 fully saturated rings. The molecule has 1 saturated heterocycles. The van der Waals surface area contributed by atoms with Gasteiger partial charge in [-0.05, 0) is 36.9 Å². The second-order valence-corrected chi connectivity index (χ2v) is 6.55. The Bertz CT molecular complexity index is 1050. The standard InChI is InChI=1S/C21H19N3O/c1-22-15-12-24(13-15)20-16(14-6-3-2-4-7-14)9-10-18-19(20)17-8-5-11-23-21(17)25-18/h2-11,15,22H,12-13H2,1H3. The summed E-state index contributed by atoms with van der Waals surface area (Å²) in [5, 5.41) is 5.61. The molecule has 4 nitrogen and oxygen atoms in total. The number of hydrogen-bond acceptors (Lipinski definition) is 4. The molecule has 0 amide bonds. The summed E-state index contributed by atoms with van der Waals surface area (Å²) in [6.45, 7) is 2.00. The molecule has 0 atom stereocenters. The quantitative estimate of drug-likeness (QED) is 0.615. The van der Waals surface area contributed by atoms with Gasteiger partial charge >= 0.3 is 0 Å². The third kappa shape index (κ3) is 2.22. The normalized spacial score (nSPS) is 15.0. The Labute approximate surface area is 146 Å². The highest BCUT2D eigenvalue weighted by molar-refractivity contribution is 6.14. The molecule has 1 N–H and O–H groups in total. The lowest BCUT2D eigenvalue weighted by Gasteiger charge is -2.42. The fraction of sp³-hybridized carbons (Fsp3) is 0.190. The minimum atomic E-state index is 0.537. The highest BCUT2D eigenvalue weighted by Crippen LogP contribution is 2.43. The SMILES string of the molecule is CNC1CN(c2c(-c3ccccc3)ccc3oc4ncccc4c23)C1. The number of pyridine rings is 1. The maximum absolute atomic E-state index is 6.00. The third-order valence-corrected chi connectivity index (χ3v) is 5.08. The van der Waals surface area contributed by atoms with Gasteiger partial charge in [-0.15, -0.1) is 0 Å². The molecule has 2 aromatic heterocycles. The van der Waals surface area contributed by atoms with Crippen molar-refractivity contribution in [1.82, 2.24) is 10.3 Å². The van der Waals surface area contributed by atoms with Crippen molar-refractivity contribution in [3.63, 3.8) is 0 Å². The Hall–Kier alpha value is -2.85. The summed E-state index contributed by atoms with van der Waals surface area (Å²) in [5.41, 5.74) is 5.33. The fourth-order valence-electron chi connectivity index (χ4n) is 3.71. The molecule has 0 unspecified atom stereocenters. The number of benzene rings is 2. The van der Waals surface area contributed by atoms with Gasteiger partial charge in [0.1, 0.15) is 5.58 Å². The van der Waals surface area contributed by atoms with Gasteiger partial charge < -0.3 is 14.6 Å². The van der Waals surface area contributed by atoms with E-state index in [1.165, 1.54) is 22.2 Å². The Balaban J connectivity index is 1.80.